The monoisotopic (exact) mass is 374 g/mol. The van der Waals surface area contributed by atoms with E-state index in [9.17, 15) is 14.4 Å². The van der Waals surface area contributed by atoms with Crippen LogP contribution in [0, 0.1) is 19.3 Å². The van der Waals surface area contributed by atoms with Crippen LogP contribution in [0.4, 0.5) is 0 Å². The first-order valence-electron chi connectivity index (χ1n) is 9.89. The molecule has 0 aliphatic carbocycles. The Morgan fingerprint density at radius 3 is 2.63 bits per heavy atom. The molecule has 2 aliphatic rings. The summed E-state index contributed by atoms with van der Waals surface area (Å²) in [6, 6.07) is 0.207. The van der Waals surface area contributed by atoms with Gasteiger partial charge in [-0.1, -0.05) is 0 Å². The number of carbonyl (C=O) groups excluding carboxylic acids is 2. The van der Waals surface area contributed by atoms with Crippen LogP contribution < -0.4 is 5.69 Å². The summed E-state index contributed by atoms with van der Waals surface area (Å²) in [6.07, 6.45) is 3.57. The lowest BCUT2D eigenvalue weighted by molar-refractivity contribution is -0.148. The van der Waals surface area contributed by atoms with Crippen LogP contribution in [0.1, 0.15) is 56.5 Å². The van der Waals surface area contributed by atoms with Gasteiger partial charge in [-0.15, -0.1) is 0 Å². The van der Waals surface area contributed by atoms with E-state index < -0.39 is 0 Å². The molecule has 2 fully saturated rings. The number of hydrogen-bond donors (Lipinski definition) is 1. The molecule has 3 rings (SSSR count). The zero-order chi connectivity index (χ0) is 19.8. The maximum atomic E-state index is 13.0. The highest BCUT2D eigenvalue weighted by Crippen LogP contribution is 2.40. The van der Waals surface area contributed by atoms with E-state index in [0.717, 1.165) is 37.1 Å². The van der Waals surface area contributed by atoms with Crippen LogP contribution in [-0.2, 0) is 16.0 Å². The SMILES string of the molecule is Cc1nc(=O)[nH]c(C)c1CCC(=O)N1CC[C@@]2(CCCN(C(C)C)C2=O)C1. The third-order valence-electron chi connectivity index (χ3n) is 6.14. The number of aromatic nitrogens is 2. The summed E-state index contributed by atoms with van der Waals surface area (Å²) in [5.74, 6) is 0.293. The number of hydrogen-bond acceptors (Lipinski definition) is 4. The lowest BCUT2D eigenvalue weighted by atomic mass is 9.78. The molecule has 27 heavy (non-hydrogen) atoms. The van der Waals surface area contributed by atoms with Gasteiger partial charge in [-0.25, -0.2) is 4.79 Å². The Bertz CT molecular complexity index is 775. The molecule has 7 heteroatoms. The highest BCUT2D eigenvalue weighted by atomic mass is 16.2. The Hall–Kier alpha value is -2.18. The minimum absolute atomic E-state index is 0.0753. The van der Waals surface area contributed by atoms with Crippen molar-refractivity contribution in [2.24, 2.45) is 5.41 Å². The van der Waals surface area contributed by atoms with Crippen LogP contribution in [-0.4, -0.2) is 57.3 Å². The lowest BCUT2D eigenvalue weighted by Gasteiger charge is -2.41. The fourth-order valence-corrected chi connectivity index (χ4v) is 4.57. The van der Waals surface area contributed by atoms with Crippen molar-refractivity contribution in [1.82, 2.24) is 19.8 Å². The van der Waals surface area contributed by atoms with Gasteiger partial charge in [0, 0.05) is 43.5 Å². The molecular formula is C20H30N4O3. The van der Waals surface area contributed by atoms with Gasteiger partial charge in [0.2, 0.25) is 11.8 Å². The summed E-state index contributed by atoms with van der Waals surface area (Å²) < 4.78 is 0. The molecule has 1 N–H and O–H groups in total. The maximum Gasteiger partial charge on any atom is 0.345 e. The van der Waals surface area contributed by atoms with Gasteiger partial charge in [-0.3, -0.25) is 9.59 Å². The molecule has 0 radical (unpaired) electrons. The van der Waals surface area contributed by atoms with Crippen LogP contribution in [0.15, 0.2) is 4.79 Å². The van der Waals surface area contributed by atoms with Gasteiger partial charge in [0.25, 0.3) is 0 Å². The zero-order valence-electron chi connectivity index (χ0n) is 16.8. The number of piperidine rings is 1. The summed E-state index contributed by atoms with van der Waals surface area (Å²) in [7, 11) is 0. The summed E-state index contributed by atoms with van der Waals surface area (Å²) in [5, 5.41) is 0. The molecule has 3 heterocycles. The lowest BCUT2D eigenvalue weighted by Crippen LogP contribution is -2.52. The Labute approximate surface area is 160 Å². The minimum atomic E-state index is -0.385. The molecule has 2 saturated heterocycles. The van der Waals surface area contributed by atoms with Gasteiger partial charge >= 0.3 is 5.69 Å². The smallest absolute Gasteiger partial charge is 0.342 e. The molecule has 1 aromatic rings. The van der Waals surface area contributed by atoms with Crippen molar-refractivity contribution in [3.63, 3.8) is 0 Å². The van der Waals surface area contributed by atoms with E-state index >= 15 is 0 Å². The third kappa shape index (κ3) is 3.77. The van der Waals surface area contributed by atoms with Gasteiger partial charge in [0.05, 0.1) is 5.41 Å². The van der Waals surface area contributed by atoms with Crippen molar-refractivity contribution < 1.29 is 9.59 Å². The molecule has 0 saturated carbocycles. The topological polar surface area (TPSA) is 86.4 Å². The van der Waals surface area contributed by atoms with Gasteiger partial charge in [0.1, 0.15) is 0 Å². The predicted octanol–water partition coefficient (Wildman–Crippen LogP) is 1.57. The Morgan fingerprint density at radius 2 is 1.96 bits per heavy atom. The minimum Gasteiger partial charge on any atom is -0.342 e. The molecule has 148 valence electrons. The second-order valence-corrected chi connectivity index (χ2v) is 8.27. The van der Waals surface area contributed by atoms with Crippen molar-refractivity contribution in [2.75, 3.05) is 19.6 Å². The fourth-order valence-electron chi connectivity index (χ4n) is 4.57. The number of aryl methyl sites for hydroxylation is 2. The maximum absolute atomic E-state index is 13.0. The second kappa shape index (κ2) is 7.44. The first-order valence-corrected chi connectivity index (χ1v) is 9.89. The largest absolute Gasteiger partial charge is 0.345 e. The van der Waals surface area contributed by atoms with Gasteiger partial charge in [0.15, 0.2) is 0 Å². The highest BCUT2D eigenvalue weighted by Gasteiger charge is 2.49. The standard InChI is InChI=1S/C20H30N4O3/c1-13(2)24-10-5-8-20(18(24)26)9-11-23(12-20)17(25)7-6-16-14(3)21-19(27)22-15(16)4/h13H,5-12H2,1-4H3,(H,21,22,27)/t20-/m0/s1. The third-order valence-corrected chi connectivity index (χ3v) is 6.14. The van der Waals surface area contributed by atoms with Crippen molar-refractivity contribution in [1.29, 1.82) is 0 Å². The second-order valence-electron chi connectivity index (χ2n) is 8.27. The Kier molecular flexibility index (Phi) is 5.40. The van der Waals surface area contributed by atoms with E-state index in [2.05, 4.69) is 23.8 Å². The average molecular weight is 374 g/mol. The summed E-state index contributed by atoms with van der Waals surface area (Å²) in [4.78, 5) is 47.6. The number of aromatic amines is 1. The zero-order valence-corrected chi connectivity index (χ0v) is 16.8. The molecule has 0 bridgehead atoms. The summed E-state index contributed by atoms with van der Waals surface area (Å²) in [6.45, 7) is 9.75. The average Bonchev–Trinajstić information content (AvgIpc) is 3.01. The van der Waals surface area contributed by atoms with E-state index in [4.69, 9.17) is 0 Å². The van der Waals surface area contributed by atoms with Crippen LogP contribution in [0.5, 0.6) is 0 Å². The van der Waals surface area contributed by atoms with Crippen molar-refractivity contribution in [3.8, 4) is 0 Å². The molecule has 2 amide bonds. The number of nitrogens with zero attached hydrogens (tertiary/aromatic N) is 3. The van der Waals surface area contributed by atoms with Crippen LogP contribution in [0.2, 0.25) is 0 Å². The normalized spacial score (nSPS) is 22.9. The van der Waals surface area contributed by atoms with Crippen LogP contribution in [0.3, 0.4) is 0 Å². The number of H-pyrrole nitrogens is 1. The van der Waals surface area contributed by atoms with E-state index in [1.165, 1.54) is 0 Å². The molecule has 1 atom stereocenters. The van der Waals surface area contributed by atoms with Crippen molar-refractivity contribution >= 4 is 11.8 Å². The number of rotatable bonds is 4. The Morgan fingerprint density at radius 1 is 1.22 bits per heavy atom. The summed E-state index contributed by atoms with van der Waals surface area (Å²) >= 11 is 0. The molecule has 1 aromatic heterocycles. The van der Waals surface area contributed by atoms with E-state index in [-0.39, 0.29) is 29.0 Å². The number of nitrogens with one attached hydrogen (secondary N) is 1. The predicted molar refractivity (Wildman–Crippen MR) is 102 cm³/mol. The first kappa shape index (κ1) is 19.6. The molecular weight excluding hydrogens is 344 g/mol. The van der Waals surface area contributed by atoms with Crippen molar-refractivity contribution in [3.05, 3.63) is 27.4 Å². The highest BCUT2D eigenvalue weighted by molar-refractivity contribution is 5.86. The van der Waals surface area contributed by atoms with Crippen LogP contribution >= 0.6 is 0 Å². The molecule has 7 nitrogen and oxygen atoms in total. The van der Waals surface area contributed by atoms with Gasteiger partial charge in [-0.2, -0.15) is 4.98 Å². The van der Waals surface area contributed by atoms with Gasteiger partial charge in [-0.05, 0) is 58.9 Å². The quantitative estimate of drug-likeness (QED) is 0.867. The molecule has 0 aromatic carbocycles. The molecule has 1 spiro atoms. The number of amides is 2. The Balaban J connectivity index is 1.64. The molecule has 0 unspecified atom stereocenters. The van der Waals surface area contributed by atoms with E-state index in [0.29, 0.717) is 31.6 Å². The number of carbonyl (C=O) groups is 2. The van der Waals surface area contributed by atoms with Crippen LogP contribution in [0.25, 0.3) is 0 Å². The molecule has 2 aliphatic heterocycles. The summed E-state index contributed by atoms with van der Waals surface area (Å²) in [5.41, 5.74) is 1.64. The fraction of sp³-hybridized carbons (Fsp3) is 0.700. The van der Waals surface area contributed by atoms with E-state index in [1.807, 2.05) is 16.7 Å². The van der Waals surface area contributed by atoms with Crippen molar-refractivity contribution in [2.45, 2.75) is 65.8 Å². The first-order chi connectivity index (χ1) is 12.7. The number of likely N-dealkylation sites (tertiary alicyclic amines) is 2. The van der Waals surface area contributed by atoms with E-state index in [1.54, 1.807) is 6.92 Å². The van der Waals surface area contributed by atoms with Gasteiger partial charge < -0.3 is 14.8 Å².